The normalized spacial score (nSPS) is 39.5. The molecule has 2 heteroatoms. The van der Waals surface area contributed by atoms with Crippen molar-refractivity contribution in [3.63, 3.8) is 0 Å². The van der Waals surface area contributed by atoms with E-state index in [1.54, 1.807) is 0 Å². The van der Waals surface area contributed by atoms with E-state index in [2.05, 4.69) is 18.3 Å². The molecule has 1 saturated carbocycles. The summed E-state index contributed by atoms with van der Waals surface area (Å²) in [7, 11) is 1.88. The molecule has 10 heavy (non-hydrogen) atoms. The van der Waals surface area contributed by atoms with Crippen molar-refractivity contribution in [2.75, 3.05) is 7.05 Å². The van der Waals surface area contributed by atoms with Crippen molar-refractivity contribution in [3.8, 4) is 6.07 Å². The molecular weight excluding hydrogens is 124 g/mol. The molecule has 1 fully saturated rings. The Morgan fingerprint density at radius 2 is 2.40 bits per heavy atom. The van der Waals surface area contributed by atoms with Gasteiger partial charge in [-0.15, -0.1) is 0 Å². The van der Waals surface area contributed by atoms with Crippen LogP contribution in [0.5, 0.6) is 0 Å². The van der Waals surface area contributed by atoms with Crippen LogP contribution in [0.4, 0.5) is 0 Å². The van der Waals surface area contributed by atoms with Crippen LogP contribution in [0.3, 0.4) is 0 Å². The maximum atomic E-state index is 8.87. The maximum absolute atomic E-state index is 8.87. The Hall–Kier alpha value is -0.550. The maximum Gasteiger partial charge on any atom is 0.109 e. The molecule has 1 rings (SSSR count). The Labute approximate surface area is 62.2 Å². The van der Waals surface area contributed by atoms with Crippen LogP contribution in [0, 0.1) is 17.2 Å². The molecule has 2 atom stereocenters. The Kier molecular flexibility index (Phi) is 1.96. The predicted octanol–water partition coefficient (Wildman–Crippen LogP) is 1.29. The molecule has 0 bridgehead atoms. The number of nitriles is 1. The Morgan fingerprint density at radius 1 is 1.70 bits per heavy atom. The van der Waals surface area contributed by atoms with Gasteiger partial charge in [-0.3, -0.25) is 0 Å². The minimum Gasteiger partial charge on any atom is -0.302 e. The van der Waals surface area contributed by atoms with Crippen LogP contribution in [0.2, 0.25) is 0 Å². The van der Waals surface area contributed by atoms with Gasteiger partial charge in [0.25, 0.3) is 0 Å². The molecule has 1 aliphatic carbocycles. The first-order valence-electron chi connectivity index (χ1n) is 3.85. The second-order valence-corrected chi connectivity index (χ2v) is 3.13. The number of rotatable bonds is 1. The first kappa shape index (κ1) is 7.56. The molecule has 56 valence electrons. The van der Waals surface area contributed by atoms with Gasteiger partial charge < -0.3 is 5.32 Å². The fourth-order valence-electron chi connectivity index (χ4n) is 1.77. The quantitative estimate of drug-likeness (QED) is 0.592. The van der Waals surface area contributed by atoms with E-state index in [0.29, 0.717) is 5.92 Å². The third-order valence-corrected chi connectivity index (χ3v) is 2.70. The second-order valence-electron chi connectivity index (χ2n) is 3.13. The third-order valence-electron chi connectivity index (χ3n) is 2.70. The van der Waals surface area contributed by atoms with Crippen molar-refractivity contribution >= 4 is 0 Å². The molecule has 1 aliphatic rings. The fourth-order valence-corrected chi connectivity index (χ4v) is 1.77. The van der Waals surface area contributed by atoms with E-state index < -0.39 is 0 Å². The molecule has 0 aromatic heterocycles. The predicted molar refractivity (Wildman–Crippen MR) is 40.4 cm³/mol. The molecule has 1 N–H and O–H groups in total. The SMILES string of the molecule is CNC1(C#N)CCCC1C. The zero-order chi connectivity index (χ0) is 7.61. The van der Waals surface area contributed by atoms with Crippen molar-refractivity contribution < 1.29 is 0 Å². The highest BCUT2D eigenvalue weighted by Crippen LogP contribution is 2.34. The van der Waals surface area contributed by atoms with Crippen LogP contribution in [0.15, 0.2) is 0 Å². The average Bonchev–Trinajstić information content (AvgIpc) is 2.32. The van der Waals surface area contributed by atoms with E-state index in [0.717, 1.165) is 6.42 Å². The van der Waals surface area contributed by atoms with Gasteiger partial charge in [0.05, 0.1) is 6.07 Å². The minimum absolute atomic E-state index is 0.208. The highest BCUT2D eigenvalue weighted by Gasteiger charge is 2.38. The summed E-state index contributed by atoms with van der Waals surface area (Å²) >= 11 is 0. The molecular formula is C8H14N2. The standard InChI is InChI=1S/C8H14N2/c1-7-4-3-5-8(7,6-9)10-2/h7,10H,3-5H2,1-2H3. The van der Waals surface area contributed by atoms with Gasteiger partial charge in [-0.2, -0.15) is 5.26 Å². The van der Waals surface area contributed by atoms with E-state index in [9.17, 15) is 0 Å². The molecule has 0 radical (unpaired) electrons. The summed E-state index contributed by atoms with van der Waals surface area (Å²) in [6.07, 6.45) is 3.39. The smallest absolute Gasteiger partial charge is 0.109 e. The minimum atomic E-state index is -0.208. The van der Waals surface area contributed by atoms with Crippen molar-refractivity contribution in [1.29, 1.82) is 5.26 Å². The van der Waals surface area contributed by atoms with Gasteiger partial charge in [0, 0.05) is 0 Å². The fraction of sp³-hybridized carbons (Fsp3) is 0.875. The lowest BCUT2D eigenvalue weighted by molar-refractivity contribution is 0.362. The van der Waals surface area contributed by atoms with Crippen molar-refractivity contribution in [2.24, 2.45) is 5.92 Å². The Morgan fingerprint density at radius 3 is 2.60 bits per heavy atom. The highest BCUT2D eigenvalue weighted by atomic mass is 15.0. The van der Waals surface area contributed by atoms with Crippen LogP contribution >= 0.6 is 0 Å². The van der Waals surface area contributed by atoms with Crippen LogP contribution < -0.4 is 5.32 Å². The summed E-state index contributed by atoms with van der Waals surface area (Å²) in [6.45, 7) is 2.15. The van der Waals surface area contributed by atoms with Crippen LogP contribution in [0.25, 0.3) is 0 Å². The van der Waals surface area contributed by atoms with Gasteiger partial charge in [0.15, 0.2) is 0 Å². The number of hydrogen-bond acceptors (Lipinski definition) is 2. The topological polar surface area (TPSA) is 35.8 Å². The zero-order valence-electron chi connectivity index (χ0n) is 6.65. The average molecular weight is 138 g/mol. The summed E-state index contributed by atoms with van der Waals surface area (Å²) in [5.74, 6) is 0.516. The molecule has 2 unspecified atom stereocenters. The van der Waals surface area contributed by atoms with E-state index in [4.69, 9.17) is 5.26 Å². The van der Waals surface area contributed by atoms with Gasteiger partial charge in [0.1, 0.15) is 5.54 Å². The monoisotopic (exact) mass is 138 g/mol. The van der Waals surface area contributed by atoms with Gasteiger partial charge in [-0.25, -0.2) is 0 Å². The molecule has 0 saturated heterocycles. The lowest BCUT2D eigenvalue weighted by Crippen LogP contribution is -2.43. The van der Waals surface area contributed by atoms with Gasteiger partial charge in [0.2, 0.25) is 0 Å². The lowest BCUT2D eigenvalue weighted by Gasteiger charge is -2.24. The van der Waals surface area contributed by atoms with Crippen molar-refractivity contribution in [1.82, 2.24) is 5.32 Å². The first-order chi connectivity index (χ1) is 4.75. The summed E-state index contributed by atoms with van der Waals surface area (Å²) in [4.78, 5) is 0. The number of nitrogens with one attached hydrogen (secondary N) is 1. The van der Waals surface area contributed by atoms with Crippen molar-refractivity contribution in [2.45, 2.75) is 31.7 Å². The summed E-state index contributed by atoms with van der Waals surface area (Å²) in [5.41, 5.74) is -0.208. The Balaban J connectivity index is 2.74. The van der Waals surface area contributed by atoms with E-state index in [-0.39, 0.29) is 5.54 Å². The third kappa shape index (κ3) is 0.911. The second kappa shape index (κ2) is 2.59. The Bertz CT molecular complexity index is 159. The molecule has 0 aromatic rings. The molecule has 0 amide bonds. The van der Waals surface area contributed by atoms with Gasteiger partial charge in [-0.1, -0.05) is 13.3 Å². The first-order valence-corrected chi connectivity index (χ1v) is 3.85. The lowest BCUT2D eigenvalue weighted by atomic mass is 9.90. The molecule has 0 heterocycles. The summed E-state index contributed by atoms with van der Waals surface area (Å²) in [6, 6.07) is 2.37. The molecule has 0 aromatic carbocycles. The van der Waals surface area contributed by atoms with E-state index in [1.165, 1.54) is 12.8 Å². The summed E-state index contributed by atoms with van der Waals surface area (Å²) in [5, 5.41) is 12.0. The van der Waals surface area contributed by atoms with Crippen LogP contribution in [-0.2, 0) is 0 Å². The van der Waals surface area contributed by atoms with E-state index >= 15 is 0 Å². The van der Waals surface area contributed by atoms with Crippen LogP contribution in [-0.4, -0.2) is 12.6 Å². The molecule has 0 spiro atoms. The van der Waals surface area contributed by atoms with Crippen molar-refractivity contribution in [3.05, 3.63) is 0 Å². The summed E-state index contributed by atoms with van der Waals surface area (Å²) < 4.78 is 0. The number of nitrogens with zero attached hydrogens (tertiary/aromatic N) is 1. The molecule has 0 aliphatic heterocycles. The highest BCUT2D eigenvalue weighted by molar-refractivity contribution is 5.12. The molecule has 2 nitrogen and oxygen atoms in total. The number of hydrogen-bond donors (Lipinski definition) is 1. The van der Waals surface area contributed by atoms with Crippen LogP contribution in [0.1, 0.15) is 26.2 Å². The largest absolute Gasteiger partial charge is 0.302 e. The van der Waals surface area contributed by atoms with E-state index in [1.807, 2.05) is 7.05 Å². The van der Waals surface area contributed by atoms with Gasteiger partial charge in [-0.05, 0) is 25.8 Å². The zero-order valence-corrected chi connectivity index (χ0v) is 6.65. The van der Waals surface area contributed by atoms with Gasteiger partial charge >= 0.3 is 0 Å².